The predicted molar refractivity (Wildman–Crippen MR) is 111 cm³/mol. The molecular weight excluding hydrogens is 408 g/mol. The number of aromatic amines is 1. The smallest absolute Gasteiger partial charge is 0.348 e. The second-order valence-corrected chi connectivity index (χ2v) is 7.48. The zero-order chi connectivity index (χ0) is 21.3. The molecule has 1 amide bonds. The van der Waals surface area contributed by atoms with E-state index in [1.54, 1.807) is 30.3 Å². The van der Waals surface area contributed by atoms with E-state index in [0.717, 1.165) is 18.4 Å². The number of amides is 1. The Labute approximate surface area is 176 Å². The number of carbonyl (C=O) groups excluding carboxylic acids is 2. The lowest BCUT2D eigenvalue weighted by molar-refractivity contribution is -0.110. The lowest BCUT2D eigenvalue weighted by Crippen LogP contribution is -2.21. The lowest BCUT2D eigenvalue weighted by atomic mass is 10.00. The molecular formula is C21H19ClN4O4. The third kappa shape index (κ3) is 3.86. The first kappa shape index (κ1) is 19.9. The van der Waals surface area contributed by atoms with E-state index >= 15 is 0 Å². The summed E-state index contributed by atoms with van der Waals surface area (Å²) in [5.41, 5.74) is 1.88. The van der Waals surface area contributed by atoms with Crippen LogP contribution in [0.2, 0.25) is 5.02 Å². The van der Waals surface area contributed by atoms with Crippen molar-refractivity contribution < 1.29 is 14.3 Å². The number of methoxy groups -OCH3 is 1. The van der Waals surface area contributed by atoms with Crippen LogP contribution in [0.4, 0.5) is 0 Å². The number of esters is 1. The number of ether oxygens (including phenoxy) is 1. The fourth-order valence-corrected chi connectivity index (χ4v) is 3.61. The molecule has 0 saturated heterocycles. The molecule has 0 bridgehead atoms. The number of hydrogen-bond acceptors (Lipinski definition) is 5. The summed E-state index contributed by atoms with van der Waals surface area (Å²) in [6.07, 6.45) is 2.80. The number of carbonyl (C=O) groups is 2. The monoisotopic (exact) mass is 426 g/mol. The number of benzene rings is 2. The normalized spacial score (nSPS) is 14.2. The number of aromatic nitrogens is 3. The van der Waals surface area contributed by atoms with Gasteiger partial charge in [-0.15, -0.1) is 5.10 Å². The van der Waals surface area contributed by atoms with Crippen LogP contribution in [0, 0.1) is 5.92 Å². The summed E-state index contributed by atoms with van der Waals surface area (Å²) in [6.45, 7) is 0. The largest absolute Gasteiger partial charge is 0.465 e. The standard InChI is InChI=1S/C21H19ClN4O4/c1-30-20(28)13-4-7-15(8-5-13)26-21(29)24-19(25-26)16-10-14(6-9-17(16)22)18(23-11-27)12-2-3-12/h4-12,18H,2-3H2,1H3,(H,23,27)(H,24,25,29). The molecule has 8 nitrogen and oxygen atoms in total. The Kier molecular flexibility index (Phi) is 5.41. The summed E-state index contributed by atoms with van der Waals surface area (Å²) in [5, 5.41) is 7.66. The molecule has 1 aliphatic carbocycles. The van der Waals surface area contributed by atoms with Crippen molar-refractivity contribution in [3.63, 3.8) is 0 Å². The van der Waals surface area contributed by atoms with Gasteiger partial charge in [-0.05, 0) is 60.7 Å². The molecule has 9 heteroatoms. The van der Waals surface area contributed by atoms with Gasteiger partial charge in [-0.3, -0.25) is 9.78 Å². The Morgan fingerprint density at radius 3 is 2.67 bits per heavy atom. The average Bonchev–Trinajstić information content (AvgIpc) is 3.53. The van der Waals surface area contributed by atoms with Crippen molar-refractivity contribution in [2.75, 3.05) is 7.11 Å². The van der Waals surface area contributed by atoms with Gasteiger partial charge in [0, 0.05) is 5.56 Å². The predicted octanol–water partition coefficient (Wildman–Crippen LogP) is 2.86. The van der Waals surface area contributed by atoms with E-state index in [1.165, 1.54) is 11.8 Å². The SMILES string of the molecule is COC(=O)c1ccc(-n2nc(-c3cc(C(NC=O)C4CC4)ccc3Cl)[nH]c2=O)cc1. The Morgan fingerprint density at radius 2 is 2.03 bits per heavy atom. The van der Waals surface area contributed by atoms with Gasteiger partial charge in [0.2, 0.25) is 6.41 Å². The summed E-state index contributed by atoms with van der Waals surface area (Å²) < 4.78 is 5.87. The van der Waals surface area contributed by atoms with Crippen molar-refractivity contribution in [3.05, 3.63) is 69.1 Å². The fourth-order valence-electron chi connectivity index (χ4n) is 3.40. The van der Waals surface area contributed by atoms with Crippen molar-refractivity contribution >= 4 is 24.0 Å². The van der Waals surface area contributed by atoms with Crippen LogP contribution in [0.15, 0.2) is 47.3 Å². The third-order valence-electron chi connectivity index (χ3n) is 5.10. The van der Waals surface area contributed by atoms with Crippen molar-refractivity contribution in [1.29, 1.82) is 0 Å². The zero-order valence-electron chi connectivity index (χ0n) is 16.1. The van der Waals surface area contributed by atoms with Crippen LogP contribution in [-0.4, -0.2) is 34.3 Å². The van der Waals surface area contributed by atoms with Crippen molar-refractivity contribution in [3.8, 4) is 17.1 Å². The van der Waals surface area contributed by atoms with Gasteiger partial charge in [0.1, 0.15) is 0 Å². The molecule has 1 aromatic heterocycles. The lowest BCUT2D eigenvalue weighted by Gasteiger charge is -2.17. The quantitative estimate of drug-likeness (QED) is 0.446. The number of nitrogens with zero attached hydrogens (tertiary/aromatic N) is 2. The molecule has 1 fully saturated rings. The van der Waals surface area contributed by atoms with Gasteiger partial charge in [0.15, 0.2) is 5.82 Å². The molecule has 154 valence electrons. The highest BCUT2D eigenvalue weighted by Gasteiger charge is 2.32. The number of halogens is 1. The van der Waals surface area contributed by atoms with E-state index in [4.69, 9.17) is 11.6 Å². The summed E-state index contributed by atoms with van der Waals surface area (Å²) in [7, 11) is 1.30. The van der Waals surface area contributed by atoms with E-state index < -0.39 is 11.7 Å². The van der Waals surface area contributed by atoms with Gasteiger partial charge in [-0.25, -0.2) is 9.59 Å². The average molecular weight is 427 g/mol. The summed E-state index contributed by atoms with van der Waals surface area (Å²) in [5.74, 6) is 0.244. The molecule has 2 N–H and O–H groups in total. The maximum atomic E-state index is 12.5. The molecule has 30 heavy (non-hydrogen) atoms. The molecule has 1 unspecified atom stereocenters. The maximum Gasteiger partial charge on any atom is 0.348 e. The van der Waals surface area contributed by atoms with Gasteiger partial charge in [-0.1, -0.05) is 17.7 Å². The van der Waals surface area contributed by atoms with Crippen LogP contribution in [0.1, 0.15) is 34.8 Å². The van der Waals surface area contributed by atoms with Crippen molar-refractivity contribution in [2.24, 2.45) is 5.92 Å². The highest BCUT2D eigenvalue weighted by Crippen LogP contribution is 2.42. The molecule has 1 saturated carbocycles. The molecule has 0 radical (unpaired) electrons. The van der Waals surface area contributed by atoms with E-state index in [2.05, 4.69) is 20.1 Å². The molecule has 0 aliphatic heterocycles. The second-order valence-electron chi connectivity index (χ2n) is 7.07. The van der Waals surface area contributed by atoms with Crippen molar-refractivity contribution in [2.45, 2.75) is 18.9 Å². The van der Waals surface area contributed by atoms with E-state index in [-0.39, 0.29) is 6.04 Å². The summed E-state index contributed by atoms with van der Waals surface area (Å²) in [6, 6.07) is 11.7. The first-order chi connectivity index (χ1) is 14.5. The first-order valence-corrected chi connectivity index (χ1v) is 9.77. The van der Waals surface area contributed by atoms with Crippen LogP contribution < -0.4 is 11.0 Å². The zero-order valence-corrected chi connectivity index (χ0v) is 16.8. The van der Waals surface area contributed by atoms with Crippen LogP contribution in [0.3, 0.4) is 0 Å². The number of hydrogen-bond donors (Lipinski definition) is 2. The molecule has 2 aromatic carbocycles. The molecule has 1 heterocycles. The van der Waals surface area contributed by atoms with Crippen LogP contribution in [0.5, 0.6) is 0 Å². The summed E-state index contributed by atoms with van der Waals surface area (Å²) in [4.78, 5) is 37.8. The minimum Gasteiger partial charge on any atom is -0.465 e. The molecule has 1 atom stereocenters. The Bertz CT molecular complexity index is 1150. The maximum absolute atomic E-state index is 12.5. The van der Waals surface area contributed by atoms with Crippen LogP contribution in [-0.2, 0) is 9.53 Å². The van der Waals surface area contributed by atoms with E-state index in [0.29, 0.717) is 40.0 Å². The number of nitrogens with one attached hydrogen (secondary N) is 2. The first-order valence-electron chi connectivity index (χ1n) is 9.39. The van der Waals surface area contributed by atoms with Crippen LogP contribution in [0.25, 0.3) is 17.1 Å². The van der Waals surface area contributed by atoms with E-state index in [1.807, 2.05) is 12.1 Å². The summed E-state index contributed by atoms with van der Waals surface area (Å²) >= 11 is 6.37. The fraction of sp³-hybridized carbons (Fsp3) is 0.238. The van der Waals surface area contributed by atoms with Gasteiger partial charge >= 0.3 is 11.7 Å². The molecule has 4 rings (SSSR count). The van der Waals surface area contributed by atoms with Gasteiger partial charge in [-0.2, -0.15) is 4.68 Å². The highest BCUT2D eigenvalue weighted by atomic mass is 35.5. The second kappa shape index (κ2) is 8.16. The van der Waals surface area contributed by atoms with E-state index in [9.17, 15) is 14.4 Å². The minimum atomic E-state index is -0.464. The van der Waals surface area contributed by atoms with Gasteiger partial charge in [0.05, 0.1) is 29.4 Å². The molecule has 1 aliphatic rings. The number of rotatable bonds is 7. The Morgan fingerprint density at radius 1 is 1.30 bits per heavy atom. The molecule has 0 spiro atoms. The third-order valence-corrected chi connectivity index (χ3v) is 5.43. The highest BCUT2D eigenvalue weighted by molar-refractivity contribution is 6.33. The van der Waals surface area contributed by atoms with Crippen LogP contribution >= 0.6 is 11.6 Å². The number of H-pyrrole nitrogens is 1. The Hall–Kier alpha value is -3.39. The molecule has 3 aromatic rings. The van der Waals surface area contributed by atoms with Gasteiger partial charge in [0.25, 0.3) is 0 Å². The van der Waals surface area contributed by atoms with Gasteiger partial charge < -0.3 is 10.1 Å². The van der Waals surface area contributed by atoms with Crippen molar-refractivity contribution in [1.82, 2.24) is 20.1 Å². The Balaban J connectivity index is 1.69. The minimum absolute atomic E-state index is 0.0989. The topological polar surface area (TPSA) is 106 Å².